The van der Waals surface area contributed by atoms with E-state index in [0.717, 1.165) is 60.7 Å². The summed E-state index contributed by atoms with van der Waals surface area (Å²) in [6, 6.07) is 43.3. The number of fused-ring (bicyclic) bond motifs is 10. The second kappa shape index (κ2) is 10.9. The van der Waals surface area contributed by atoms with Crippen molar-refractivity contribution < 1.29 is 0 Å². The molecule has 3 heterocycles. The van der Waals surface area contributed by atoms with Crippen LogP contribution in [0.2, 0.25) is 0 Å². The summed E-state index contributed by atoms with van der Waals surface area (Å²) in [4.78, 5) is 15.5. The summed E-state index contributed by atoms with van der Waals surface area (Å²) in [5.41, 5.74) is 14.3. The number of nitrogens with zero attached hydrogens (tertiary/aromatic N) is 4. The molecule has 3 aromatic heterocycles. The molecular weight excluding hydrogens is 609 g/mol. The van der Waals surface area contributed by atoms with Crippen molar-refractivity contribution in [2.24, 2.45) is 0 Å². The molecular formula is C46H30N4. The zero-order valence-electron chi connectivity index (χ0n) is 27.4. The molecule has 0 atom stereocenters. The average molecular weight is 639 g/mol. The van der Waals surface area contributed by atoms with Crippen molar-refractivity contribution in [2.45, 2.75) is 6.92 Å². The monoisotopic (exact) mass is 638 g/mol. The largest absolute Gasteiger partial charge is 0.278 e. The lowest BCUT2D eigenvalue weighted by molar-refractivity contribution is 1.01. The van der Waals surface area contributed by atoms with Crippen LogP contribution < -0.4 is 0 Å². The summed E-state index contributed by atoms with van der Waals surface area (Å²) in [5.74, 6) is 0.631. The number of allylic oxidation sites excluding steroid dienone is 2. The predicted molar refractivity (Wildman–Crippen MR) is 208 cm³/mol. The van der Waals surface area contributed by atoms with Crippen molar-refractivity contribution in [1.82, 2.24) is 19.5 Å². The Bertz CT molecular complexity index is 2890. The highest BCUT2D eigenvalue weighted by Gasteiger charge is 2.27. The Hall–Kier alpha value is -6.65. The van der Waals surface area contributed by atoms with E-state index in [1.165, 1.54) is 38.6 Å². The Labute approximate surface area is 289 Å². The Balaban J connectivity index is 1.37. The van der Waals surface area contributed by atoms with E-state index in [2.05, 4.69) is 139 Å². The quantitative estimate of drug-likeness (QED) is 0.180. The molecule has 1 aliphatic rings. The fourth-order valence-electron chi connectivity index (χ4n) is 7.99. The number of pyridine rings is 1. The molecule has 4 nitrogen and oxygen atoms in total. The van der Waals surface area contributed by atoms with Crippen LogP contribution in [-0.4, -0.2) is 19.5 Å². The SMILES string of the molecule is C=C/C=C\c1c(C)ccc2c(-c3ccccc3)nc(-n3c4ccccc4c4c5c(ccc43)-c3cccc4cccc(c34)-c3ccncc3-5)nc12. The van der Waals surface area contributed by atoms with Crippen LogP contribution in [0.15, 0.2) is 152 Å². The summed E-state index contributed by atoms with van der Waals surface area (Å²) in [7, 11) is 0. The third-order valence-corrected chi connectivity index (χ3v) is 10.2. The van der Waals surface area contributed by atoms with Crippen molar-refractivity contribution in [1.29, 1.82) is 0 Å². The first-order valence-electron chi connectivity index (χ1n) is 16.9. The highest BCUT2D eigenvalue weighted by Crippen LogP contribution is 2.51. The van der Waals surface area contributed by atoms with E-state index >= 15 is 0 Å². The molecule has 0 unspecified atom stereocenters. The summed E-state index contributed by atoms with van der Waals surface area (Å²) in [6.45, 7) is 6.06. The molecule has 0 spiro atoms. The zero-order chi connectivity index (χ0) is 33.3. The normalized spacial score (nSPS) is 12.1. The van der Waals surface area contributed by atoms with Crippen molar-refractivity contribution in [3.05, 3.63) is 164 Å². The molecule has 10 rings (SSSR count). The van der Waals surface area contributed by atoms with Gasteiger partial charge < -0.3 is 0 Å². The van der Waals surface area contributed by atoms with Gasteiger partial charge in [-0.1, -0.05) is 128 Å². The number of aryl methyl sites for hydroxylation is 1. The molecule has 234 valence electrons. The summed E-state index contributed by atoms with van der Waals surface area (Å²) in [6.07, 6.45) is 9.83. The first-order valence-corrected chi connectivity index (χ1v) is 16.9. The lowest BCUT2D eigenvalue weighted by atomic mass is 9.91. The zero-order valence-corrected chi connectivity index (χ0v) is 27.4. The van der Waals surface area contributed by atoms with Crippen molar-refractivity contribution in [3.63, 3.8) is 0 Å². The van der Waals surface area contributed by atoms with Gasteiger partial charge in [0.05, 0.1) is 22.2 Å². The molecule has 4 heteroatoms. The molecule has 0 fully saturated rings. The molecule has 0 radical (unpaired) electrons. The van der Waals surface area contributed by atoms with Gasteiger partial charge in [0.25, 0.3) is 0 Å². The van der Waals surface area contributed by atoms with Gasteiger partial charge in [0.2, 0.25) is 5.95 Å². The molecule has 1 aliphatic carbocycles. The third kappa shape index (κ3) is 4.02. The Morgan fingerprint density at radius 3 is 2.26 bits per heavy atom. The van der Waals surface area contributed by atoms with Gasteiger partial charge in [-0.3, -0.25) is 9.55 Å². The van der Waals surface area contributed by atoms with Gasteiger partial charge in [0.15, 0.2) is 0 Å². The minimum Gasteiger partial charge on any atom is -0.278 e. The average Bonchev–Trinajstić information content (AvgIpc) is 3.45. The first-order chi connectivity index (χ1) is 24.7. The number of benzene rings is 6. The van der Waals surface area contributed by atoms with Crippen LogP contribution in [0.5, 0.6) is 0 Å². The summed E-state index contributed by atoms with van der Waals surface area (Å²) < 4.78 is 2.24. The molecule has 0 saturated heterocycles. The molecule has 0 N–H and O–H groups in total. The predicted octanol–water partition coefficient (Wildman–Crippen LogP) is 11.8. The van der Waals surface area contributed by atoms with Gasteiger partial charge >= 0.3 is 0 Å². The first kappa shape index (κ1) is 28.4. The topological polar surface area (TPSA) is 43.6 Å². The minimum atomic E-state index is 0.631. The van der Waals surface area contributed by atoms with E-state index in [9.17, 15) is 0 Å². The number of hydrogen-bond acceptors (Lipinski definition) is 3. The lowest BCUT2D eigenvalue weighted by Gasteiger charge is -2.15. The van der Waals surface area contributed by atoms with Crippen LogP contribution >= 0.6 is 0 Å². The van der Waals surface area contributed by atoms with Gasteiger partial charge in [-0.2, -0.15) is 0 Å². The number of hydrogen-bond donors (Lipinski definition) is 0. The van der Waals surface area contributed by atoms with Crippen LogP contribution in [0.4, 0.5) is 0 Å². The molecule has 0 saturated carbocycles. The maximum Gasteiger partial charge on any atom is 0.235 e. The third-order valence-electron chi connectivity index (χ3n) is 10.2. The van der Waals surface area contributed by atoms with Gasteiger partial charge in [-0.25, -0.2) is 9.97 Å². The van der Waals surface area contributed by atoms with Gasteiger partial charge in [-0.05, 0) is 63.7 Å². The Kier molecular flexibility index (Phi) is 6.21. The van der Waals surface area contributed by atoms with E-state index in [4.69, 9.17) is 15.0 Å². The molecule has 0 aliphatic heterocycles. The van der Waals surface area contributed by atoms with E-state index in [-0.39, 0.29) is 0 Å². The van der Waals surface area contributed by atoms with E-state index < -0.39 is 0 Å². The number of rotatable bonds is 4. The molecule has 9 aromatic rings. The van der Waals surface area contributed by atoms with E-state index in [1.54, 1.807) is 0 Å². The van der Waals surface area contributed by atoms with Crippen LogP contribution in [0, 0.1) is 6.92 Å². The summed E-state index contributed by atoms with van der Waals surface area (Å²) in [5, 5.41) is 5.82. The smallest absolute Gasteiger partial charge is 0.235 e. The Morgan fingerprint density at radius 2 is 1.42 bits per heavy atom. The van der Waals surface area contributed by atoms with Crippen LogP contribution in [0.1, 0.15) is 11.1 Å². The highest BCUT2D eigenvalue weighted by molar-refractivity contribution is 6.23. The molecule has 0 amide bonds. The second-order valence-electron chi connectivity index (χ2n) is 12.9. The second-order valence-corrected chi connectivity index (χ2v) is 12.9. The molecule has 50 heavy (non-hydrogen) atoms. The van der Waals surface area contributed by atoms with Gasteiger partial charge in [-0.15, -0.1) is 0 Å². The van der Waals surface area contributed by atoms with Gasteiger partial charge in [0, 0.05) is 50.8 Å². The van der Waals surface area contributed by atoms with Crippen LogP contribution in [0.25, 0.3) is 100 Å². The maximum atomic E-state index is 5.41. The lowest BCUT2D eigenvalue weighted by Crippen LogP contribution is -2.05. The van der Waals surface area contributed by atoms with E-state index in [0.29, 0.717) is 5.95 Å². The maximum absolute atomic E-state index is 5.41. The minimum absolute atomic E-state index is 0.631. The number of para-hydroxylation sites is 1. The van der Waals surface area contributed by atoms with Crippen molar-refractivity contribution in [2.75, 3.05) is 0 Å². The fraction of sp³-hybridized carbons (Fsp3) is 0.0217. The van der Waals surface area contributed by atoms with Gasteiger partial charge in [0.1, 0.15) is 0 Å². The van der Waals surface area contributed by atoms with Crippen LogP contribution in [-0.2, 0) is 0 Å². The number of aromatic nitrogens is 4. The summed E-state index contributed by atoms with van der Waals surface area (Å²) >= 11 is 0. The van der Waals surface area contributed by atoms with Crippen LogP contribution in [0.3, 0.4) is 0 Å². The standard InChI is InChI=1S/C46H30N4/c1-3-4-16-31-28(2)21-22-37-44(30-12-6-5-7-13-30)48-46(49-45(31)37)50-39-20-9-8-17-36(39)43-40(50)24-23-35-34-19-11-15-29-14-10-18-33(41(29)34)32-25-26-47-27-38(32)42(35)43/h3-27H,1H2,2H3/b16-4-. The Morgan fingerprint density at radius 1 is 0.620 bits per heavy atom. The highest BCUT2D eigenvalue weighted by atomic mass is 15.2. The van der Waals surface area contributed by atoms with Crippen molar-refractivity contribution >= 4 is 49.6 Å². The van der Waals surface area contributed by atoms with E-state index in [1.807, 2.05) is 30.6 Å². The van der Waals surface area contributed by atoms with Crippen molar-refractivity contribution in [3.8, 4) is 50.6 Å². The molecule has 6 aromatic carbocycles. The molecule has 0 bridgehead atoms. The fourth-order valence-corrected chi connectivity index (χ4v) is 7.99.